The monoisotopic (exact) mass is 288 g/mol. The first-order valence-corrected chi connectivity index (χ1v) is 7.75. The fraction of sp³-hybridized carbons (Fsp3) is 0.667. The average molecular weight is 288 g/mol. The molecule has 0 bridgehead atoms. The zero-order chi connectivity index (χ0) is 14.0. The SMILES string of the molecule is CN(C)S(=O)(=O)c1ccc(CN2CCC[C@@H](O)C2)o1. The number of aliphatic hydroxyl groups excluding tert-OH is 1. The second-order valence-corrected chi connectivity index (χ2v) is 7.12. The lowest BCUT2D eigenvalue weighted by Crippen LogP contribution is -2.37. The summed E-state index contributed by atoms with van der Waals surface area (Å²) in [7, 11) is -0.567. The van der Waals surface area contributed by atoms with E-state index in [4.69, 9.17) is 4.42 Å². The smallest absolute Gasteiger partial charge is 0.275 e. The van der Waals surface area contributed by atoms with Gasteiger partial charge in [-0.2, -0.15) is 0 Å². The van der Waals surface area contributed by atoms with Crippen LogP contribution in [0.5, 0.6) is 0 Å². The molecule has 0 saturated carbocycles. The lowest BCUT2D eigenvalue weighted by atomic mass is 10.1. The number of furan rings is 1. The second-order valence-electron chi connectivity index (χ2n) is 5.04. The molecule has 1 atom stereocenters. The Morgan fingerprint density at radius 3 is 2.84 bits per heavy atom. The van der Waals surface area contributed by atoms with Crippen LogP contribution in [-0.4, -0.2) is 56.0 Å². The van der Waals surface area contributed by atoms with Gasteiger partial charge in [0, 0.05) is 20.6 Å². The number of hydrogen-bond donors (Lipinski definition) is 1. The van der Waals surface area contributed by atoms with Crippen LogP contribution in [0.2, 0.25) is 0 Å². The zero-order valence-corrected chi connectivity index (χ0v) is 12.1. The molecule has 2 heterocycles. The number of β-amino-alcohol motifs (C(OH)–C–C–N with tert-alkyl or cyclic N) is 1. The average Bonchev–Trinajstić information content (AvgIpc) is 2.78. The Bertz CT molecular complexity index is 524. The lowest BCUT2D eigenvalue weighted by Gasteiger charge is -2.29. The van der Waals surface area contributed by atoms with Crippen molar-refractivity contribution in [1.29, 1.82) is 0 Å². The van der Waals surface area contributed by atoms with E-state index in [9.17, 15) is 13.5 Å². The van der Waals surface area contributed by atoms with Crippen molar-refractivity contribution < 1.29 is 17.9 Å². The molecular formula is C12H20N2O4S. The standard InChI is InChI=1S/C12H20N2O4S/c1-13(2)19(16,17)12-6-5-11(18-12)9-14-7-3-4-10(15)8-14/h5-6,10,15H,3-4,7-9H2,1-2H3/t10-/m1/s1. The number of sulfonamides is 1. The highest BCUT2D eigenvalue weighted by Gasteiger charge is 2.23. The minimum absolute atomic E-state index is 0.0370. The molecule has 6 nitrogen and oxygen atoms in total. The van der Waals surface area contributed by atoms with E-state index in [0.717, 1.165) is 23.7 Å². The molecule has 1 aromatic heterocycles. The van der Waals surface area contributed by atoms with Crippen LogP contribution in [0, 0.1) is 0 Å². The summed E-state index contributed by atoms with van der Waals surface area (Å²) in [6.07, 6.45) is 1.48. The summed E-state index contributed by atoms with van der Waals surface area (Å²) in [6.45, 7) is 2.03. The normalized spacial score (nSPS) is 22.0. The van der Waals surface area contributed by atoms with E-state index >= 15 is 0 Å². The Morgan fingerprint density at radius 2 is 2.21 bits per heavy atom. The Kier molecular flexibility index (Phi) is 4.29. The van der Waals surface area contributed by atoms with Gasteiger partial charge in [-0.1, -0.05) is 0 Å². The number of hydrogen-bond acceptors (Lipinski definition) is 5. The third-order valence-electron chi connectivity index (χ3n) is 3.23. The van der Waals surface area contributed by atoms with Crippen LogP contribution < -0.4 is 0 Å². The van der Waals surface area contributed by atoms with Crippen molar-refractivity contribution in [1.82, 2.24) is 9.21 Å². The van der Waals surface area contributed by atoms with Crippen LogP contribution in [-0.2, 0) is 16.6 Å². The molecule has 1 fully saturated rings. The van der Waals surface area contributed by atoms with Crippen molar-refractivity contribution in [3.63, 3.8) is 0 Å². The van der Waals surface area contributed by atoms with Crippen molar-refractivity contribution in [2.75, 3.05) is 27.2 Å². The first-order valence-electron chi connectivity index (χ1n) is 6.31. The molecule has 7 heteroatoms. The van der Waals surface area contributed by atoms with Crippen molar-refractivity contribution >= 4 is 10.0 Å². The first-order chi connectivity index (χ1) is 8.89. The van der Waals surface area contributed by atoms with Crippen LogP contribution in [0.4, 0.5) is 0 Å². The maximum atomic E-state index is 11.9. The van der Waals surface area contributed by atoms with E-state index in [2.05, 4.69) is 4.90 Å². The van der Waals surface area contributed by atoms with E-state index in [-0.39, 0.29) is 11.2 Å². The highest BCUT2D eigenvalue weighted by molar-refractivity contribution is 7.88. The lowest BCUT2D eigenvalue weighted by molar-refractivity contribution is 0.0626. The fourth-order valence-electron chi connectivity index (χ4n) is 2.16. The summed E-state index contributed by atoms with van der Waals surface area (Å²) in [5.74, 6) is 0.606. The van der Waals surface area contributed by atoms with E-state index < -0.39 is 10.0 Å². The Labute approximate surface area is 113 Å². The van der Waals surface area contributed by atoms with Crippen molar-refractivity contribution in [2.45, 2.75) is 30.6 Å². The summed E-state index contributed by atoms with van der Waals surface area (Å²) >= 11 is 0. The van der Waals surface area contributed by atoms with Gasteiger partial charge < -0.3 is 9.52 Å². The summed E-state index contributed by atoms with van der Waals surface area (Å²) in [5.41, 5.74) is 0. The van der Waals surface area contributed by atoms with Crippen molar-refractivity contribution in [3.8, 4) is 0 Å². The van der Waals surface area contributed by atoms with Crippen LogP contribution in [0.25, 0.3) is 0 Å². The minimum Gasteiger partial charge on any atom is -0.447 e. The van der Waals surface area contributed by atoms with Gasteiger partial charge in [0.05, 0.1) is 12.6 Å². The maximum absolute atomic E-state index is 11.9. The van der Waals surface area contributed by atoms with E-state index in [1.165, 1.54) is 20.2 Å². The highest BCUT2D eigenvalue weighted by atomic mass is 32.2. The molecule has 1 N–H and O–H groups in total. The predicted molar refractivity (Wildman–Crippen MR) is 70.1 cm³/mol. The topological polar surface area (TPSA) is 74.0 Å². The van der Waals surface area contributed by atoms with E-state index in [1.54, 1.807) is 6.07 Å². The van der Waals surface area contributed by atoms with Crippen LogP contribution in [0.15, 0.2) is 21.6 Å². The maximum Gasteiger partial charge on any atom is 0.275 e. The highest BCUT2D eigenvalue weighted by Crippen LogP contribution is 2.19. The van der Waals surface area contributed by atoms with Crippen molar-refractivity contribution in [3.05, 3.63) is 17.9 Å². The molecule has 108 valence electrons. The summed E-state index contributed by atoms with van der Waals surface area (Å²) in [4.78, 5) is 2.07. The summed E-state index contributed by atoms with van der Waals surface area (Å²) in [5, 5.41) is 9.55. The molecule has 0 unspecified atom stereocenters. The molecule has 1 aliphatic rings. The molecule has 0 amide bonds. The van der Waals surface area contributed by atoms with Gasteiger partial charge in [0.2, 0.25) is 5.09 Å². The van der Waals surface area contributed by atoms with Gasteiger partial charge in [-0.25, -0.2) is 12.7 Å². The van der Waals surface area contributed by atoms with Gasteiger partial charge in [-0.3, -0.25) is 4.90 Å². The summed E-state index contributed by atoms with van der Waals surface area (Å²) < 4.78 is 30.3. The van der Waals surface area contributed by atoms with Gasteiger partial charge in [0.15, 0.2) is 0 Å². The second kappa shape index (κ2) is 5.62. The molecule has 0 spiro atoms. The Balaban J connectivity index is 2.05. The molecule has 0 aliphatic carbocycles. The van der Waals surface area contributed by atoms with E-state index in [0.29, 0.717) is 18.8 Å². The van der Waals surface area contributed by atoms with Gasteiger partial charge in [-0.15, -0.1) is 0 Å². The number of likely N-dealkylation sites (tertiary alicyclic amines) is 1. The largest absolute Gasteiger partial charge is 0.447 e. The minimum atomic E-state index is -3.51. The number of rotatable bonds is 4. The predicted octanol–water partition coefficient (Wildman–Crippen LogP) is 0.487. The van der Waals surface area contributed by atoms with Crippen LogP contribution in [0.3, 0.4) is 0 Å². The number of aliphatic hydroxyl groups is 1. The van der Waals surface area contributed by atoms with Crippen molar-refractivity contribution in [2.24, 2.45) is 0 Å². The van der Waals surface area contributed by atoms with Gasteiger partial charge in [-0.05, 0) is 31.5 Å². The molecule has 19 heavy (non-hydrogen) atoms. The molecule has 1 aromatic rings. The fourth-order valence-corrected chi connectivity index (χ4v) is 2.97. The third-order valence-corrected chi connectivity index (χ3v) is 4.92. The van der Waals surface area contributed by atoms with Gasteiger partial charge in [0.25, 0.3) is 10.0 Å². The molecule has 2 rings (SSSR count). The number of nitrogens with zero attached hydrogens (tertiary/aromatic N) is 2. The Morgan fingerprint density at radius 1 is 1.47 bits per heavy atom. The third kappa shape index (κ3) is 3.36. The molecule has 0 aromatic carbocycles. The number of piperidine rings is 1. The van der Waals surface area contributed by atoms with Gasteiger partial charge in [0.1, 0.15) is 5.76 Å². The van der Waals surface area contributed by atoms with Crippen LogP contribution >= 0.6 is 0 Å². The quantitative estimate of drug-likeness (QED) is 0.872. The van der Waals surface area contributed by atoms with Gasteiger partial charge >= 0.3 is 0 Å². The molecular weight excluding hydrogens is 268 g/mol. The molecule has 1 aliphatic heterocycles. The molecule has 1 saturated heterocycles. The summed E-state index contributed by atoms with van der Waals surface area (Å²) in [6, 6.07) is 3.16. The first kappa shape index (κ1) is 14.5. The Hall–Kier alpha value is -0.890. The van der Waals surface area contributed by atoms with E-state index in [1.807, 2.05) is 0 Å². The molecule has 0 radical (unpaired) electrons. The zero-order valence-electron chi connectivity index (χ0n) is 11.2. The van der Waals surface area contributed by atoms with Crippen LogP contribution in [0.1, 0.15) is 18.6 Å².